The third-order valence-corrected chi connectivity index (χ3v) is 2.53. The Kier molecular flexibility index (Phi) is 2.21. The number of nitrogens with zero attached hydrogens (tertiary/aromatic N) is 2. The van der Waals surface area contributed by atoms with Crippen LogP contribution in [0.4, 0.5) is 0 Å². The zero-order valence-corrected chi connectivity index (χ0v) is 8.16. The summed E-state index contributed by atoms with van der Waals surface area (Å²) in [6.07, 6.45) is 2.50. The number of amides is 1. The van der Waals surface area contributed by atoms with Crippen molar-refractivity contribution in [3.8, 4) is 0 Å². The number of likely N-dealkylation sites (N-methyl/N-ethyl adjacent to an activating group) is 1. The molecule has 0 atom stereocenters. The van der Waals surface area contributed by atoms with Crippen LogP contribution in [0.25, 0.3) is 0 Å². The summed E-state index contributed by atoms with van der Waals surface area (Å²) in [5, 5.41) is 0. The van der Waals surface area contributed by atoms with Gasteiger partial charge in [-0.05, 0) is 25.1 Å². The Labute approximate surface area is 82.7 Å². The first-order valence-electron chi connectivity index (χ1n) is 4.63. The molecular formula is C10H13N3O. The average molecular weight is 191 g/mol. The molecule has 2 rings (SSSR count). The van der Waals surface area contributed by atoms with Gasteiger partial charge in [0.2, 0.25) is 5.91 Å². The SMILES string of the molecule is CN1CCc2cc(C(N)=O)cnc2C1. The van der Waals surface area contributed by atoms with Gasteiger partial charge in [0, 0.05) is 19.3 Å². The number of carbonyl (C=O) groups excluding carboxylic acids is 1. The second-order valence-corrected chi connectivity index (χ2v) is 3.68. The third kappa shape index (κ3) is 1.61. The zero-order chi connectivity index (χ0) is 10.1. The minimum atomic E-state index is -0.403. The summed E-state index contributed by atoms with van der Waals surface area (Å²) in [5.74, 6) is -0.403. The van der Waals surface area contributed by atoms with E-state index in [1.807, 2.05) is 6.07 Å². The molecule has 4 heteroatoms. The monoisotopic (exact) mass is 191 g/mol. The summed E-state index contributed by atoms with van der Waals surface area (Å²) in [7, 11) is 2.06. The van der Waals surface area contributed by atoms with Gasteiger partial charge in [-0.2, -0.15) is 0 Å². The van der Waals surface area contributed by atoms with E-state index in [4.69, 9.17) is 5.73 Å². The van der Waals surface area contributed by atoms with E-state index in [-0.39, 0.29) is 0 Å². The molecule has 74 valence electrons. The Hall–Kier alpha value is -1.42. The molecule has 14 heavy (non-hydrogen) atoms. The summed E-state index contributed by atoms with van der Waals surface area (Å²) >= 11 is 0. The Morgan fingerprint density at radius 2 is 2.43 bits per heavy atom. The number of primary amides is 1. The number of hydrogen-bond donors (Lipinski definition) is 1. The van der Waals surface area contributed by atoms with E-state index in [0.717, 1.165) is 30.8 Å². The van der Waals surface area contributed by atoms with Gasteiger partial charge in [-0.15, -0.1) is 0 Å². The van der Waals surface area contributed by atoms with Crippen LogP contribution >= 0.6 is 0 Å². The van der Waals surface area contributed by atoms with Crippen LogP contribution in [-0.4, -0.2) is 29.4 Å². The van der Waals surface area contributed by atoms with Gasteiger partial charge >= 0.3 is 0 Å². The zero-order valence-electron chi connectivity index (χ0n) is 8.16. The normalized spacial score (nSPS) is 16.4. The van der Waals surface area contributed by atoms with Gasteiger partial charge < -0.3 is 10.6 Å². The van der Waals surface area contributed by atoms with E-state index < -0.39 is 5.91 Å². The van der Waals surface area contributed by atoms with Gasteiger partial charge in [-0.1, -0.05) is 0 Å². The third-order valence-electron chi connectivity index (χ3n) is 2.53. The quantitative estimate of drug-likeness (QED) is 0.688. The lowest BCUT2D eigenvalue weighted by atomic mass is 10.0. The van der Waals surface area contributed by atoms with Crippen LogP contribution in [0.15, 0.2) is 12.3 Å². The minimum Gasteiger partial charge on any atom is -0.366 e. The van der Waals surface area contributed by atoms with Crippen molar-refractivity contribution in [1.82, 2.24) is 9.88 Å². The number of carbonyl (C=O) groups is 1. The Morgan fingerprint density at radius 1 is 1.64 bits per heavy atom. The van der Waals surface area contributed by atoms with Crippen LogP contribution < -0.4 is 5.73 Å². The van der Waals surface area contributed by atoms with Crippen molar-refractivity contribution in [2.24, 2.45) is 5.73 Å². The van der Waals surface area contributed by atoms with Gasteiger partial charge in [0.05, 0.1) is 11.3 Å². The summed E-state index contributed by atoms with van der Waals surface area (Å²) < 4.78 is 0. The van der Waals surface area contributed by atoms with Crippen LogP contribution in [0.3, 0.4) is 0 Å². The molecule has 1 aliphatic rings. The molecule has 0 bridgehead atoms. The van der Waals surface area contributed by atoms with E-state index in [9.17, 15) is 4.79 Å². The fourth-order valence-corrected chi connectivity index (χ4v) is 1.68. The maximum absolute atomic E-state index is 10.9. The van der Waals surface area contributed by atoms with Crippen molar-refractivity contribution >= 4 is 5.91 Å². The minimum absolute atomic E-state index is 0.403. The largest absolute Gasteiger partial charge is 0.366 e. The van der Waals surface area contributed by atoms with Crippen molar-refractivity contribution in [1.29, 1.82) is 0 Å². The highest BCUT2D eigenvalue weighted by molar-refractivity contribution is 5.92. The smallest absolute Gasteiger partial charge is 0.250 e. The summed E-state index contributed by atoms with van der Waals surface area (Å²) in [6, 6.07) is 1.86. The maximum atomic E-state index is 10.9. The molecule has 0 fully saturated rings. The van der Waals surface area contributed by atoms with E-state index in [2.05, 4.69) is 16.9 Å². The highest BCUT2D eigenvalue weighted by Gasteiger charge is 2.15. The van der Waals surface area contributed by atoms with E-state index in [0.29, 0.717) is 5.56 Å². The van der Waals surface area contributed by atoms with E-state index >= 15 is 0 Å². The molecule has 2 heterocycles. The van der Waals surface area contributed by atoms with Crippen LogP contribution in [0.1, 0.15) is 21.6 Å². The number of pyridine rings is 1. The van der Waals surface area contributed by atoms with E-state index in [1.165, 1.54) is 0 Å². The number of aromatic nitrogens is 1. The molecule has 0 saturated heterocycles. The van der Waals surface area contributed by atoms with Crippen molar-refractivity contribution < 1.29 is 4.79 Å². The Morgan fingerprint density at radius 3 is 3.14 bits per heavy atom. The van der Waals surface area contributed by atoms with Crippen LogP contribution in [0, 0.1) is 0 Å². The predicted molar refractivity (Wildman–Crippen MR) is 52.8 cm³/mol. The van der Waals surface area contributed by atoms with Crippen molar-refractivity contribution in [2.75, 3.05) is 13.6 Å². The van der Waals surface area contributed by atoms with Gasteiger partial charge in [0.1, 0.15) is 0 Å². The molecule has 2 N–H and O–H groups in total. The number of fused-ring (bicyclic) bond motifs is 1. The van der Waals surface area contributed by atoms with Gasteiger partial charge in [0.25, 0.3) is 0 Å². The average Bonchev–Trinajstić information content (AvgIpc) is 2.16. The lowest BCUT2D eigenvalue weighted by molar-refractivity contribution is 0.0999. The standard InChI is InChI=1S/C10H13N3O/c1-13-3-2-7-4-8(10(11)14)5-12-9(7)6-13/h4-5H,2-3,6H2,1H3,(H2,11,14). The lowest BCUT2D eigenvalue weighted by Gasteiger charge is -2.23. The number of hydrogen-bond acceptors (Lipinski definition) is 3. The molecule has 0 unspecified atom stereocenters. The molecule has 0 aromatic carbocycles. The summed E-state index contributed by atoms with van der Waals surface area (Å²) in [5.41, 5.74) is 7.90. The van der Waals surface area contributed by atoms with Gasteiger partial charge in [-0.25, -0.2) is 0 Å². The maximum Gasteiger partial charge on any atom is 0.250 e. The first-order valence-corrected chi connectivity index (χ1v) is 4.63. The molecule has 4 nitrogen and oxygen atoms in total. The van der Waals surface area contributed by atoms with E-state index in [1.54, 1.807) is 6.20 Å². The molecule has 0 spiro atoms. The Balaban J connectivity index is 2.36. The second-order valence-electron chi connectivity index (χ2n) is 3.68. The molecule has 0 aliphatic carbocycles. The number of nitrogens with two attached hydrogens (primary N) is 1. The van der Waals surface area contributed by atoms with Crippen molar-refractivity contribution in [3.05, 3.63) is 29.1 Å². The highest BCUT2D eigenvalue weighted by atomic mass is 16.1. The summed E-state index contributed by atoms with van der Waals surface area (Å²) in [6.45, 7) is 1.87. The fourth-order valence-electron chi connectivity index (χ4n) is 1.68. The van der Waals surface area contributed by atoms with Crippen LogP contribution in [0.5, 0.6) is 0 Å². The topological polar surface area (TPSA) is 59.2 Å². The first kappa shape index (κ1) is 9.15. The highest BCUT2D eigenvalue weighted by Crippen LogP contribution is 2.16. The summed E-state index contributed by atoms with van der Waals surface area (Å²) in [4.78, 5) is 17.4. The van der Waals surface area contributed by atoms with Crippen molar-refractivity contribution in [2.45, 2.75) is 13.0 Å². The van der Waals surface area contributed by atoms with Crippen molar-refractivity contribution in [3.63, 3.8) is 0 Å². The van der Waals surface area contributed by atoms with Gasteiger partial charge in [0.15, 0.2) is 0 Å². The lowest BCUT2D eigenvalue weighted by Crippen LogP contribution is -2.28. The molecule has 0 radical (unpaired) electrons. The molecule has 1 amide bonds. The predicted octanol–water partition coefficient (Wildman–Crippen LogP) is 0.168. The van der Waals surface area contributed by atoms with Gasteiger partial charge in [-0.3, -0.25) is 9.78 Å². The molecule has 1 aliphatic heterocycles. The van der Waals surface area contributed by atoms with Crippen LogP contribution in [-0.2, 0) is 13.0 Å². The molecular weight excluding hydrogens is 178 g/mol. The molecule has 1 aromatic rings. The number of rotatable bonds is 1. The molecule has 0 saturated carbocycles. The fraction of sp³-hybridized carbons (Fsp3) is 0.400. The van der Waals surface area contributed by atoms with Crippen LogP contribution in [0.2, 0.25) is 0 Å². The second kappa shape index (κ2) is 3.38. The molecule has 1 aromatic heterocycles. The first-order chi connectivity index (χ1) is 6.66. The Bertz CT molecular complexity index is 376.